The predicted octanol–water partition coefficient (Wildman–Crippen LogP) is 2.68. The average molecular weight is 286 g/mol. The molecule has 2 rings (SSSR count). The number of primary amides is 1. The largest absolute Gasteiger partial charge is 0.508 e. The lowest BCUT2D eigenvalue weighted by Gasteiger charge is -2.18. The van der Waals surface area contributed by atoms with Crippen molar-refractivity contribution in [1.82, 2.24) is 0 Å². The van der Waals surface area contributed by atoms with Gasteiger partial charge in [-0.3, -0.25) is 4.79 Å². The molecular formula is C16H18N2O3. The minimum atomic E-state index is -0.462. The lowest BCUT2D eigenvalue weighted by atomic mass is 10.0. The highest BCUT2D eigenvalue weighted by molar-refractivity contribution is 5.93. The van der Waals surface area contributed by atoms with Crippen molar-refractivity contribution in [3.05, 3.63) is 53.1 Å². The topological polar surface area (TPSA) is 95.6 Å². The van der Waals surface area contributed by atoms with Crippen molar-refractivity contribution in [2.45, 2.75) is 19.9 Å². The highest BCUT2D eigenvalue weighted by Crippen LogP contribution is 2.28. The number of hydrogen-bond donors (Lipinski definition) is 4. The molecule has 1 amide bonds. The summed E-state index contributed by atoms with van der Waals surface area (Å²) >= 11 is 0. The molecule has 0 fully saturated rings. The zero-order chi connectivity index (χ0) is 15.6. The van der Waals surface area contributed by atoms with E-state index in [1.807, 2.05) is 13.8 Å². The average Bonchev–Trinajstić information content (AvgIpc) is 2.39. The van der Waals surface area contributed by atoms with Gasteiger partial charge in [0.2, 0.25) is 5.91 Å². The molecule has 2 aromatic rings. The van der Waals surface area contributed by atoms with Crippen molar-refractivity contribution in [2.24, 2.45) is 5.73 Å². The number of aryl methyl sites for hydroxylation is 1. The smallest absolute Gasteiger partial charge is 0.248 e. The predicted molar refractivity (Wildman–Crippen MR) is 81.5 cm³/mol. The van der Waals surface area contributed by atoms with E-state index in [9.17, 15) is 15.0 Å². The second kappa shape index (κ2) is 5.75. The van der Waals surface area contributed by atoms with Gasteiger partial charge in [0.1, 0.15) is 11.5 Å². The van der Waals surface area contributed by atoms with E-state index in [1.165, 1.54) is 6.07 Å². The van der Waals surface area contributed by atoms with Crippen LogP contribution in [0.2, 0.25) is 0 Å². The Kier molecular flexibility index (Phi) is 4.03. The summed E-state index contributed by atoms with van der Waals surface area (Å²) in [5.41, 5.74) is 8.21. The molecule has 0 saturated carbocycles. The van der Waals surface area contributed by atoms with E-state index < -0.39 is 5.91 Å². The van der Waals surface area contributed by atoms with Gasteiger partial charge in [-0.1, -0.05) is 0 Å². The number of carbonyl (C=O) groups excluding carboxylic acids is 1. The molecular weight excluding hydrogens is 268 g/mol. The Morgan fingerprint density at radius 3 is 2.29 bits per heavy atom. The first kappa shape index (κ1) is 14.7. The fraction of sp³-hybridized carbons (Fsp3) is 0.188. The van der Waals surface area contributed by atoms with Crippen molar-refractivity contribution in [3.63, 3.8) is 0 Å². The maximum absolute atomic E-state index is 11.1. The van der Waals surface area contributed by atoms with Crippen LogP contribution in [0.1, 0.15) is 34.5 Å². The van der Waals surface area contributed by atoms with Gasteiger partial charge >= 0.3 is 0 Å². The van der Waals surface area contributed by atoms with Crippen LogP contribution in [0.5, 0.6) is 11.5 Å². The van der Waals surface area contributed by atoms with Gasteiger partial charge in [0.05, 0.1) is 0 Å². The van der Waals surface area contributed by atoms with Gasteiger partial charge in [-0.25, -0.2) is 0 Å². The minimum absolute atomic E-state index is 0.0134. The fourth-order valence-corrected chi connectivity index (χ4v) is 2.16. The molecule has 1 atom stereocenters. The van der Waals surface area contributed by atoms with Crippen LogP contribution in [0.15, 0.2) is 36.4 Å². The van der Waals surface area contributed by atoms with E-state index in [0.717, 1.165) is 16.8 Å². The SMILES string of the molecule is Cc1cc(C(N)=O)ccc1NC(C)c1cc(O)cc(O)c1. The van der Waals surface area contributed by atoms with E-state index in [1.54, 1.807) is 30.3 Å². The maximum Gasteiger partial charge on any atom is 0.248 e. The van der Waals surface area contributed by atoms with Crippen LogP contribution in [0, 0.1) is 6.92 Å². The van der Waals surface area contributed by atoms with Gasteiger partial charge in [0.25, 0.3) is 0 Å². The molecule has 0 bridgehead atoms. The summed E-state index contributed by atoms with van der Waals surface area (Å²) in [5.74, 6) is -0.436. The van der Waals surface area contributed by atoms with E-state index in [4.69, 9.17) is 5.73 Å². The number of phenols is 2. The quantitative estimate of drug-likeness (QED) is 0.695. The third-order valence-electron chi connectivity index (χ3n) is 3.31. The summed E-state index contributed by atoms with van der Waals surface area (Å²) in [7, 11) is 0. The Morgan fingerprint density at radius 1 is 1.14 bits per heavy atom. The zero-order valence-electron chi connectivity index (χ0n) is 11.9. The van der Waals surface area contributed by atoms with Gasteiger partial charge in [-0.15, -0.1) is 0 Å². The van der Waals surface area contributed by atoms with Gasteiger partial charge in [0.15, 0.2) is 0 Å². The Balaban J connectivity index is 2.23. The van der Waals surface area contributed by atoms with Gasteiger partial charge in [0, 0.05) is 23.4 Å². The first-order chi connectivity index (χ1) is 9.86. The number of benzene rings is 2. The molecule has 0 spiro atoms. The molecule has 0 aliphatic rings. The molecule has 0 aliphatic heterocycles. The number of nitrogens with one attached hydrogen (secondary N) is 1. The van der Waals surface area contributed by atoms with Crippen molar-refractivity contribution >= 4 is 11.6 Å². The van der Waals surface area contributed by atoms with Crippen molar-refractivity contribution in [2.75, 3.05) is 5.32 Å². The Morgan fingerprint density at radius 2 is 1.76 bits per heavy atom. The molecule has 1 unspecified atom stereocenters. The maximum atomic E-state index is 11.1. The molecule has 5 heteroatoms. The van der Waals surface area contributed by atoms with E-state index in [0.29, 0.717) is 5.56 Å². The van der Waals surface area contributed by atoms with Crippen molar-refractivity contribution < 1.29 is 15.0 Å². The first-order valence-corrected chi connectivity index (χ1v) is 6.56. The number of phenolic OH excluding ortho intramolecular Hbond substituents is 2. The number of hydrogen-bond acceptors (Lipinski definition) is 4. The molecule has 0 aromatic heterocycles. The van der Waals surface area contributed by atoms with Crippen LogP contribution in [0.4, 0.5) is 5.69 Å². The Labute approximate surface area is 123 Å². The molecule has 2 aromatic carbocycles. The van der Waals surface area contributed by atoms with E-state index in [-0.39, 0.29) is 17.5 Å². The zero-order valence-corrected chi connectivity index (χ0v) is 11.9. The van der Waals surface area contributed by atoms with Crippen LogP contribution in [0.25, 0.3) is 0 Å². The standard InChI is InChI=1S/C16H18N2O3/c1-9-5-11(16(17)21)3-4-15(9)18-10(2)12-6-13(19)8-14(20)7-12/h3-8,10,18-20H,1-2H3,(H2,17,21). The summed E-state index contributed by atoms with van der Waals surface area (Å²) in [6, 6.07) is 9.50. The molecule has 21 heavy (non-hydrogen) atoms. The van der Waals surface area contributed by atoms with Crippen LogP contribution < -0.4 is 11.1 Å². The summed E-state index contributed by atoms with van der Waals surface area (Å²) in [6.07, 6.45) is 0. The molecule has 0 radical (unpaired) electrons. The number of nitrogens with two attached hydrogens (primary N) is 1. The summed E-state index contributed by atoms with van der Waals surface area (Å²) in [5, 5.41) is 22.3. The molecule has 5 N–H and O–H groups in total. The lowest BCUT2D eigenvalue weighted by Crippen LogP contribution is -2.12. The van der Waals surface area contributed by atoms with Crippen LogP contribution >= 0.6 is 0 Å². The molecule has 0 saturated heterocycles. The lowest BCUT2D eigenvalue weighted by molar-refractivity contribution is 0.1000. The second-order valence-corrected chi connectivity index (χ2v) is 5.04. The second-order valence-electron chi connectivity index (χ2n) is 5.04. The number of anilines is 1. The monoisotopic (exact) mass is 286 g/mol. The molecule has 110 valence electrons. The summed E-state index contributed by atoms with van der Waals surface area (Å²) < 4.78 is 0. The van der Waals surface area contributed by atoms with Crippen LogP contribution in [0.3, 0.4) is 0 Å². The molecule has 0 heterocycles. The van der Waals surface area contributed by atoms with Crippen LogP contribution in [-0.4, -0.2) is 16.1 Å². The minimum Gasteiger partial charge on any atom is -0.508 e. The third-order valence-corrected chi connectivity index (χ3v) is 3.31. The van der Waals surface area contributed by atoms with Gasteiger partial charge < -0.3 is 21.3 Å². The first-order valence-electron chi connectivity index (χ1n) is 6.56. The summed E-state index contributed by atoms with van der Waals surface area (Å²) in [6.45, 7) is 3.79. The number of carbonyl (C=O) groups is 1. The number of amides is 1. The highest BCUT2D eigenvalue weighted by atomic mass is 16.3. The van der Waals surface area contributed by atoms with Gasteiger partial charge in [-0.2, -0.15) is 0 Å². The fourth-order valence-electron chi connectivity index (χ4n) is 2.16. The normalized spacial score (nSPS) is 11.9. The van der Waals surface area contributed by atoms with Crippen molar-refractivity contribution in [3.8, 4) is 11.5 Å². The number of rotatable bonds is 4. The Bertz CT molecular complexity index is 663. The summed E-state index contributed by atoms with van der Waals surface area (Å²) in [4.78, 5) is 11.1. The molecule has 0 aliphatic carbocycles. The van der Waals surface area contributed by atoms with E-state index >= 15 is 0 Å². The van der Waals surface area contributed by atoms with Crippen molar-refractivity contribution in [1.29, 1.82) is 0 Å². The highest BCUT2D eigenvalue weighted by Gasteiger charge is 2.10. The Hall–Kier alpha value is -2.69. The third kappa shape index (κ3) is 3.45. The van der Waals surface area contributed by atoms with Gasteiger partial charge in [-0.05, 0) is 55.3 Å². The van der Waals surface area contributed by atoms with E-state index in [2.05, 4.69) is 5.32 Å². The molecule has 5 nitrogen and oxygen atoms in total. The number of aromatic hydroxyl groups is 2. The van der Waals surface area contributed by atoms with Crippen LogP contribution in [-0.2, 0) is 0 Å².